The van der Waals surface area contributed by atoms with E-state index in [1.807, 2.05) is 0 Å². The summed E-state index contributed by atoms with van der Waals surface area (Å²) in [6, 6.07) is 5.61. The van der Waals surface area contributed by atoms with Crippen LogP contribution in [-0.4, -0.2) is 32.6 Å². The van der Waals surface area contributed by atoms with Gasteiger partial charge in [-0.25, -0.2) is 8.42 Å². The summed E-state index contributed by atoms with van der Waals surface area (Å²) in [5.74, 6) is -1.56. The third-order valence-electron chi connectivity index (χ3n) is 2.39. The van der Waals surface area contributed by atoms with Gasteiger partial charge in [0.15, 0.2) is 0 Å². The number of hydrogen-bond acceptors (Lipinski definition) is 6. The molecule has 1 aromatic rings. The third-order valence-corrected chi connectivity index (χ3v) is 3.57. The minimum absolute atomic E-state index is 0.0645. The highest BCUT2D eigenvalue weighted by molar-refractivity contribution is 7.89. The number of hydrogen-bond donors (Lipinski definition) is 2. The molecular weight excluding hydrogens is 302 g/mol. The topological polar surface area (TPSA) is 119 Å². The van der Waals surface area contributed by atoms with Crippen LogP contribution in [-0.2, 0) is 24.4 Å². The zero-order valence-electron chi connectivity index (χ0n) is 11.2. The lowest BCUT2D eigenvalue weighted by molar-refractivity contribution is -0.147. The molecule has 1 aromatic carbocycles. The van der Waals surface area contributed by atoms with Gasteiger partial charge in [-0.1, -0.05) is 6.07 Å². The molecule has 0 aliphatic heterocycles. The van der Waals surface area contributed by atoms with Crippen molar-refractivity contribution in [1.29, 1.82) is 0 Å². The molecule has 0 saturated carbocycles. The van der Waals surface area contributed by atoms with E-state index in [2.05, 4.69) is 4.84 Å². The van der Waals surface area contributed by atoms with E-state index in [0.29, 0.717) is 5.75 Å². The van der Waals surface area contributed by atoms with Crippen LogP contribution in [0.4, 0.5) is 0 Å². The van der Waals surface area contributed by atoms with Gasteiger partial charge in [0.1, 0.15) is 5.75 Å². The quantitative estimate of drug-likeness (QED) is 0.677. The van der Waals surface area contributed by atoms with Crippen molar-refractivity contribution >= 4 is 22.0 Å². The SMILES string of the molecule is COc1cccc(S(=O)(=O)NOC(=O)CCCC(=O)O)c1. The first-order valence-electron chi connectivity index (χ1n) is 5.92. The number of rotatable bonds is 8. The van der Waals surface area contributed by atoms with E-state index in [9.17, 15) is 18.0 Å². The molecule has 21 heavy (non-hydrogen) atoms. The van der Waals surface area contributed by atoms with Gasteiger partial charge in [0.2, 0.25) is 0 Å². The second-order valence-corrected chi connectivity index (χ2v) is 5.63. The lowest BCUT2D eigenvalue weighted by Gasteiger charge is -2.08. The fourth-order valence-corrected chi connectivity index (χ4v) is 2.18. The van der Waals surface area contributed by atoms with Gasteiger partial charge in [-0.3, -0.25) is 9.59 Å². The number of nitrogens with one attached hydrogen (secondary N) is 1. The average Bonchev–Trinajstić information content (AvgIpc) is 2.45. The van der Waals surface area contributed by atoms with Crippen molar-refractivity contribution in [2.75, 3.05) is 7.11 Å². The lowest BCUT2D eigenvalue weighted by atomic mass is 10.2. The first kappa shape index (κ1) is 16.9. The maximum Gasteiger partial charge on any atom is 0.326 e. The zero-order chi connectivity index (χ0) is 15.9. The minimum Gasteiger partial charge on any atom is -0.497 e. The second kappa shape index (κ2) is 7.60. The molecule has 0 amide bonds. The Morgan fingerprint density at radius 3 is 2.62 bits per heavy atom. The Morgan fingerprint density at radius 1 is 1.29 bits per heavy atom. The number of benzene rings is 1. The minimum atomic E-state index is -4.02. The van der Waals surface area contributed by atoms with Crippen molar-refractivity contribution < 1.29 is 32.7 Å². The van der Waals surface area contributed by atoms with Crippen molar-refractivity contribution in [3.8, 4) is 5.75 Å². The van der Waals surface area contributed by atoms with Gasteiger partial charge in [0.05, 0.1) is 12.0 Å². The van der Waals surface area contributed by atoms with Gasteiger partial charge in [-0.2, -0.15) is 0 Å². The van der Waals surface area contributed by atoms with Crippen molar-refractivity contribution in [1.82, 2.24) is 4.89 Å². The van der Waals surface area contributed by atoms with Crippen LogP contribution in [0.5, 0.6) is 5.75 Å². The van der Waals surface area contributed by atoms with Crippen molar-refractivity contribution in [3.05, 3.63) is 24.3 Å². The number of ether oxygens (including phenoxy) is 1. The fourth-order valence-electron chi connectivity index (χ4n) is 1.35. The Balaban J connectivity index is 2.56. The predicted octanol–water partition coefficient (Wildman–Crippen LogP) is 0.687. The summed E-state index contributed by atoms with van der Waals surface area (Å²) >= 11 is 0. The molecular formula is C12H15NO7S. The molecule has 0 spiro atoms. The van der Waals surface area contributed by atoms with Crippen LogP contribution >= 0.6 is 0 Å². The number of carboxylic acids is 1. The van der Waals surface area contributed by atoms with E-state index in [-0.39, 0.29) is 24.2 Å². The van der Waals surface area contributed by atoms with Crippen LogP contribution in [0.15, 0.2) is 29.2 Å². The fraction of sp³-hybridized carbons (Fsp3) is 0.333. The maximum absolute atomic E-state index is 11.8. The molecule has 8 nitrogen and oxygen atoms in total. The summed E-state index contributed by atoms with van der Waals surface area (Å²) in [7, 11) is -2.63. The molecule has 0 aromatic heterocycles. The second-order valence-electron chi connectivity index (χ2n) is 3.99. The molecule has 0 heterocycles. The molecule has 0 fully saturated rings. The van der Waals surface area contributed by atoms with Crippen LogP contribution in [0, 0.1) is 0 Å². The standard InChI is InChI=1S/C12H15NO7S/c1-19-9-4-2-5-10(8-9)21(17,18)13-20-12(16)7-3-6-11(14)15/h2,4-5,8,13H,3,6-7H2,1H3,(H,14,15). The average molecular weight is 317 g/mol. The van der Waals surface area contributed by atoms with E-state index >= 15 is 0 Å². The van der Waals surface area contributed by atoms with Crippen LogP contribution in [0.25, 0.3) is 0 Å². The van der Waals surface area contributed by atoms with Crippen molar-refractivity contribution in [2.24, 2.45) is 0 Å². The normalized spacial score (nSPS) is 10.9. The molecule has 0 bridgehead atoms. The molecule has 0 aliphatic rings. The largest absolute Gasteiger partial charge is 0.497 e. The molecule has 0 atom stereocenters. The summed E-state index contributed by atoms with van der Waals surface area (Å²) in [5, 5.41) is 8.41. The van der Waals surface area contributed by atoms with E-state index in [0.717, 1.165) is 0 Å². The van der Waals surface area contributed by atoms with Crippen molar-refractivity contribution in [3.63, 3.8) is 0 Å². The molecule has 0 saturated heterocycles. The number of carbonyl (C=O) groups is 2. The van der Waals surface area contributed by atoms with E-state index < -0.39 is 22.0 Å². The van der Waals surface area contributed by atoms with Crippen LogP contribution in [0.2, 0.25) is 0 Å². The van der Waals surface area contributed by atoms with Crippen LogP contribution in [0.1, 0.15) is 19.3 Å². The number of carboxylic acid groups (broad SMARTS) is 1. The Kier molecular flexibility index (Phi) is 6.12. The van der Waals surface area contributed by atoms with Gasteiger partial charge >= 0.3 is 11.9 Å². The van der Waals surface area contributed by atoms with E-state index in [1.165, 1.54) is 25.3 Å². The molecule has 2 N–H and O–H groups in total. The number of sulfonamides is 1. The smallest absolute Gasteiger partial charge is 0.326 e. The summed E-state index contributed by atoms with van der Waals surface area (Å²) in [6.07, 6.45) is -0.334. The van der Waals surface area contributed by atoms with Crippen LogP contribution < -0.4 is 9.62 Å². The number of carbonyl (C=O) groups excluding carboxylic acids is 1. The summed E-state index contributed by atoms with van der Waals surface area (Å²) < 4.78 is 28.6. The van der Waals surface area contributed by atoms with Gasteiger partial charge in [-0.05, 0) is 23.4 Å². The number of aliphatic carboxylic acids is 1. The van der Waals surface area contributed by atoms with Crippen molar-refractivity contribution in [2.45, 2.75) is 24.2 Å². The highest BCUT2D eigenvalue weighted by Gasteiger charge is 2.17. The Bertz CT molecular complexity index is 612. The Labute approximate surface area is 121 Å². The zero-order valence-corrected chi connectivity index (χ0v) is 12.1. The molecule has 116 valence electrons. The van der Waals surface area contributed by atoms with Gasteiger partial charge in [0.25, 0.3) is 10.0 Å². The van der Waals surface area contributed by atoms with E-state index in [4.69, 9.17) is 9.84 Å². The first-order valence-corrected chi connectivity index (χ1v) is 7.41. The summed E-state index contributed by atoms with van der Waals surface area (Å²) in [6.45, 7) is 0. The highest BCUT2D eigenvalue weighted by atomic mass is 32.2. The highest BCUT2D eigenvalue weighted by Crippen LogP contribution is 2.16. The van der Waals surface area contributed by atoms with E-state index in [1.54, 1.807) is 11.0 Å². The summed E-state index contributed by atoms with van der Waals surface area (Å²) in [4.78, 5) is 27.5. The summed E-state index contributed by atoms with van der Waals surface area (Å²) in [5.41, 5.74) is 0. The molecule has 9 heteroatoms. The lowest BCUT2D eigenvalue weighted by Crippen LogP contribution is -2.27. The molecule has 1 rings (SSSR count). The predicted molar refractivity (Wildman–Crippen MR) is 70.9 cm³/mol. The van der Waals surface area contributed by atoms with Gasteiger partial charge < -0.3 is 14.7 Å². The molecule has 0 aliphatic carbocycles. The maximum atomic E-state index is 11.8. The Hall–Kier alpha value is -2.13. The molecule has 0 unspecified atom stereocenters. The Morgan fingerprint density at radius 2 is 2.00 bits per heavy atom. The monoisotopic (exact) mass is 317 g/mol. The third kappa shape index (κ3) is 5.79. The van der Waals surface area contributed by atoms with Crippen LogP contribution in [0.3, 0.4) is 0 Å². The first-order chi connectivity index (χ1) is 9.85. The van der Waals surface area contributed by atoms with Gasteiger partial charge in [0, 0.05) is 18.9 Å². The van der Waals surface area contributed by atoms with Gasteiger partial charge in [-0.15, -0.1) is 0 Å². The molecule has 0 radical (unpaired) electrons. The number of methoxy groups -OCH3 is 1.